The highest BCUT2D eigenvalue weighted by Crippen LogP contribution is 2.32. The molecule has 1 aromatic carbocycles. The van der Waals surface area contributed by atoms with Gasteiger partial charge in [0.15, 0.2) is 0 Å². The number of hydrogen-bond donors (Lipinski definition) is 1. The summed E-state index contributed by atoms with van der Waals surface area (Å²) in [5.41, 5.74) is 1.64. The van der Waals surface area contributed by atoms with E-state index < -0.39 is 0 Å². The molecule has 110 valence electrons. The van der Waals surface area contributed by atoms with E-state index in [1.54, 1.807) is 0 Å². The van der Waals surface area contributed by atoms with Gasteiger partial charge in [-0.25, -0.2) is 4.79 Å². The number of anilines is 1. The molecule has 0 saturated heterocycles. The lowest BCUT2D eigenvalue weighted by molar-refractivity contribution is 0.0526. The maximum atomic E-state index is 11.7. The van der Waals surface area contributed by atoms with Gasteiger partial charge in [-0.15, -0.1) is 0 Å². The molecule has 1 N–H and O–H groups in total. The molecule has 0 spiro atoms. The van der Waals surface area contributed by atoms with Crippen LogP contribution in [-0.4, -0.2) is 18.6 Å². The first-order chi connectivity index (χ1) is 9.63. The molecule has 1 aliphatic carbocycles. The summed E-state index contributed by atoms with van der Waals surface area (Å²) < 4.78 is 5.92. The SMILES string of the molecule is CCOC(=O)c1ccc(NC2CCC(CC)C2)c(Br)c1. The van der Waals surface area contributed by atoms with Crippen LogP contribution in [0.2, 0.25) is 0 Å². The van der Waals surface area contributed by atoms with Crippen molar-refractivity contribution < 1.29 is 9.53 Å². The van der Waals surface area contributed by atoms with Crippen molar-refractivity contribution >= 4 is 27.6 Å². The monoisotopic (exact) mass is 339 g/mol. The number of rotatable bonds is 5. The van der Waals surface area contributed by atoms with E-state index in [0.717, 1.165) is 16.1 Å². The molecule has 4 heteroatoms. The zero-order valence-electron chi connectivity index (χ0n) is 12.1. The molecule has 0 heterocycles. The number of ether oxygens (including phenoxy) is 1. The standard InChI is InChI=1S/C16H22BrNO2/c1-3-11-5-7-13(9-11)18-15-8-6-12(10-14(15)17)16(19)20-4-2/h6,8,10-11,13,18H,3-5,7,9H2,1-2H3. The van der Waals surface area contributed by atoms with Gasteiger partial charge < -0.3 is 10.1 Å². The molecule has 20 heavy (non-hydrogen) atoms. The minimum atomic E-state index is -0.272. The number of carbonyl (C=O) groups excluding carboxylic acids is 1. The van der Waals surface area contributed by atoms with Crippen molar-refractivity contribution in [2.75, 3.05) is 11.9 Å². The van der Waals surface area contributed by atoms with Crippen LogP contribution in [0.4, 0.5) is 5.69 Å². The van der Waals surface area contributed by atoms with Gasteiger partial charge in [0, 0.05) is 16.2 Å². The molecule has 2 rings (SSSR count). The molecule has 0 amide bonds. The van der Waals surface area contributed by atoms with Gasteiger partial charge in [0.1, 0.15) is 0 Å². The lowest BCUT2D eigenvalue weighted by atomic mass is 10.1. The van der Waals surface area contributed by atoms with Gasteiger partial charge in [-0.05, 0) is 66.2 Å². The molecule has 1 saturated carbocycles. The molecule has 0 bridgehead atoms. The minimum absolute atomic E-state index is 0.272. The van der Waals surface area contributed by atoms with Gasteiger partial charge in [0.05, 0.1) is 12.2 Å². The first kappa shape index (κ1) is 15.4. The third-order valence-corrected chi connectivity index (χ3v) is 4.61. The van der Waals surface area contributed by atoms with Crippen LogP contribution in [-0.2, 0) is 4.74 Å². The fraction of sp³-hybridized carbons (Fsp3) is 0.562. The smallest absolute Gasteiger partial charge is 0.338 e. The first-order valence-corrected chi connectivity index (χ1v) is 8.16. The van der Waals surface area contributed by atoms with E-state index >= 15 is 0 Å². The van der Waals surface area contributed by atoms with E-state index in [1.165, 1.54) is 25.7 Å². The highest BCUT2D eigenvalue weighted by Gasteiger charge is 2.23. The van der Waals surface area contributed by atoms with Crippen molar-refractivity contribution in [1.29, 1.82) is 0 Å². The topological polar surface area (TPSA) is 38.3 Å². The van der Waals surface area contributed by atoms with E-state index in [9.17, 15) is 4.79 Å². The Morgan fingerprint density at radius 2 is 2.20 bits per heavy atom. The van der Waals surface area contributed by atoms with Crippen molar-refractivity contribution in [2.45, 2.75) is 45.6 Å². The van der Waals surface area contributed by atoms with Crippen molar-refractivity contribution in [3.63, 3.8) is 0 Å². The molecule has 2 unspecified atom stereocenters. The third kappa shape index (κ3) is 3.75. The second kappa shape index (κ2) is 7.11. The highest BCUT2D eigenvalue weighted by atomic mass is 79.9. The number of carbonyl (C=O) groups is 1. The Bertz CT molecular complexity index is 476. The van der Waals surface area contributed by atoms with Crippen LogP contribution in [0.3, 0.4) is 0 Å². The molecule has 0 aliphatic heterocycles. The van der Waals surface area contributed by atoms with Crippen molar-refractivity contribution in [2.24, 2.45) is 5.92 Å². The van der Waals surface area contributed by atoms with E-state index in [0.29, 0.717) is 18.2 Å². The van der Waals surface area contributed by atoms with E-state index in [2.05, 4.69) is 28.2 Å². The number of nitrogens with one attached hydrogen (secondary N) is 1. The van der Waals surface area contributed by atoms with Crippen molar-refractivity contribution in [1.82, 2.24) is 0 Å². The summed E-state index contributed by atoms with van der Waals surface area (Å²) in [7, 11) is 0. The summed E-state index contributed by atoms with van der Waals surface area (Å²) in [6.45, 7) is 4.47. The Balaban J connectivity index is 2.01. The highest BCUT2D eigenvalue weighted by molar-refractivity contribution is 9.10. The third-order valence-electron chi connectivity index (χ3n) is 3.96. The number of halogens is 1. The number of hydrogen-bond acceptors (Lipinski definition) is 3. The van der Waals surface area contributed by atoms with E-state index in [1.807, 2.05) is 25.1 Å². The van der Waals surface area contributed by atoms with Crippen LogP contribution in [0.25, 0.3) is 0 Å². The Hall–Kier alpha value is -1.03. The van der Waals surface area contributed by atoms with Crippen LogP contribution < -0.4 is 5.32 Å². The second-order valence-electron chi connectivity index (χ2n) is 5.34. The minimum Gasteiger partial charge on any atom is -0.462 e. The van der Waals surface area contributed by atoms with E-state index in [-0.39, 0.29) is 5.97 Å². The average Bonchev–Trinajstić information content (AvgIpc) is 2.89. The van der Waals surface area contributed by atoms with Gasteiger partial charge in [-0.3, -0.25) is 0 Å². The second-order valence-corrected chi connectivity index (χ2v) is 6.20. The lowest BCUT2D eigenvalue weighted by Crippen LogP contribution is -2.16. The van der Waals surface area contributed by atoms with Gasteiger partial charge >= 0.3 is 5.97 Å². The largest absolute Gasteiger partial charge is 0.462 e. The maximum Gasteiger partial charge on any atom is 0.338 e. The molecular formula is C16H22BrNO2. The summed E-state index contributed by atoms with van der Waals surface area (Å²) in [6, 6.07) is 6.14. The Labute approximate surface area is 129 Å². The summed E-state index contributed by atoms with van der Waals surface area (Å²) in [5.74, 6) is 0.580. The van der Waals surface area contributed by atoms with Crippen LogP contribution in [0.1, 0.15) is 49.9 Å². The average molecular weight is 340 g/mol. The first-order valence-electron chi connectivity index (χ1n) is 7.37. The number of esters is 1. The molecule has 0 radical (unpaired) electrons. The Morgan fingerprint density at radius 1 is 1.40 bits per heavy atom. The Kier molecular flexibility index (Phi) is 5.46. The summed E-state index contributed by atoms with van der Waals surface area (Å²) >= 11 is 3.54. The van der Waals surface area contributed by atoms with Gasteiger partial charge in [-0.2, -0.15) is 0 Å². The van der Waals surface area contributed by atoms with Gasteiger partial charge in [0.2, 0.25) is 0 Å². The molecule has 2 atom stereocenters. The molecule has 1 aliphatic rings. The molecular weight excluding hydrogens is 318 g/mol. The van der Waals surface area contributed by atoms with Crippen LogP contribution in [0.5, 0.6) is 0 Å². The van der Waals surface area contributed by atoms with Crippen molar-refractivity contribution in [3.05, 3.63) is 28.2 Å². The zero-order valence-corrected chi connectivity index (χ0v) is 13.7. The van der Waals surface area contributed by atoms with Crippen LogP contribution in [0, 0.1) is 5.92 Å². The van der Waals surface area contributed by atoms with Crippen LogP contribution >= 0.6 is 15.9 Å². The Morgan fingerprint density at radius 3 is 2.80 bits per heavy atom. The summed E-state index contributed by atoms with van der Waals surface area (Å²) in [5, 5.41) is 3.57. The van der Waals surface area contributed by atoms with Gasteiger partial charge in [-0.1, -0.05) is 13.3 Å². The predicted octanol–water partition coefficient (Wildman–Crippen LogP) is 4.62. The maximum absolute atomic E-state index is 11.7. The zero-order chi connectivity index (χ0) is 14.5. The quantitative estimate of drug-likeness (QED) is 0.795. The van der Waals surface area contributed by atoms with Crippen molar-refractivity contribution in [3.8, 4) is 0 Å². The number of benzene rings is 1. The van der Waals surface area contributed by atoms with Crippen LogP contribution in [0.15, 0.2) is 22.7 Å². The summed E-state index contributed by atoms with van der Waals surface area (Å²) in [6.07, 6.45) is 5.04. The van der Waals surface area contributed by atoms with E-state index in [4.69, 9.17) is 4.74 Å². The normalized spacial score (nSPS) is 21.8. The van der Waals surface area contributed by atoms with Gasteiger partial charge in [0.25, 0.3) is 0 Å². The lowest BCUT2D eigenvalue weighted by Gasteiger charge is -2.16. The summed E-state index contributed by atoms with van der Waals surface area (Å²) in [4.78, 5) is 11.7. The fourth-order valence-electron chi connectivity index (χ4n) is 2.77. The molecule has 0 aromatic heterocycles. The predicted molar refractivity (Wildman–Crippen MR) is 85.1 cm³/mol. The molecule has 3 nitrogen and oxygen atoms in total. The molecule has 1 fully saturated rings. The molecule has 1 aromatic rings. The fourth-order valence-corrected chi connectivity index (χ4v) is 3.26.